The molecule has 1 fully saturated rings. The highest BCUT2D eigenvalue weighted by Crippen LogP contribution is 2.13. The van der Waals surface area contributed by atoms with Gasteiger partial charge in [0, 0.05) is 13.0 Å². The molecule has 1 unspecified atom stereocenters. The maximum absolute atomic E-state index is 11.7. The van der Waals surface area contributed by atoms with Crippen molar-refractivity contribution in [2.45, 2.75) is 44.9 Å². The van der Waals surface area contributed by atoms with Crippen molar-refractivity contribution in [2.75, 3.05) is 31.6 Å². The van der Waals surface area contributed by atoms with Crippen molar-refractivity contribution in [2.24, 2.45) is 5.92 Å². The van der Waals surface area contributed by atoms with Gasteiger partial charge in [0.15, 0.2) is 0 Å². The van der Waals surface area contributed by atoms with Crippen LogP contribution in [0.5, 0.6) is 0 Å². The molecule has 2 N–H and O–H groups in total. The van der Waals surface area contributed by atoms with Gasteiger partial charge in [-0.2, -0.15) is 11.8 Å². The molecule has 0 aromatic rings. The normalized spacial score (nSPS) is 19.7. The van der Waals surface area contributed by atoms with Gasteiger partial charge in [0.05, 0.1) is 0 Å². The fourth-order valence-electron chi connectivity index (χ4n) is 2.39. The number of amides is 1. The number of piperidine rings is 1. The molecule has 106 valence electrons. The molecule has 0 bridgehead atoms. The van der Waals surface area contributed by atoms with Crippen LogP contribution in [-0.4, -0.2) is 37.6 Å². The second-order valence-corrected chi connectivity index (χ2v) is 6.16. The highest BCUT2D eigenvalue weighted by atomic mass is 32.2. The van der Waals surface area contributed by atoms with Gasteiger partial charge in [0.25, 0.3) is 0 Å². The number of unbranched alkanes of at least 4 members (excludes halogenated alkanes) is 3. The smallest absolute Gasteiger partial charge is 0.220 e. The predicted molar refractivity (Wildman–Crippen MR) is 80.1 cm³/mol. The maximum atomic E-state index is 11.7. The van der Waals surface area contributed by atoms with Gasteiger partial charge in [-0.05, 0) is 56.7 Å². The largest absolute Gasteiger partial charge is 0.356 e. The number of carbonyl (C=O) groups excluding carboxylic acids is 1. The monoisotopic (exact) mass is 272 g/mol. The highest BCUT2D eigenvalue weighted by Gasteiger charge is 2.16. The molecule has 1 aliphatic heterocycles. The molecule has 4 heteroatoms. The first-order chi connectivity index (χ1) is 8.83. The minimum atomic E-state index is 0.243. The van der Waals surface area contributed by atoms with Crippen LogP contribution in [0.2, 0.25) is 0 Å². The van der Waals surface area contributed by atoms with Gasteiger partial charge in [-0.15, -0.1) is 0 Å². The van der Waals surface area contributed by atoms with Crippen LogP contribution in [0.3, 0.4) is 0 Å². The van der Waals surface area contributed by atoms with Gasteiger partial charge < -0.3 is 10.6 Å². The summed E-state index contributed by atoms with van der Waals surface area (Å²) in [7, 11) is 0. The third kappa shape index (κ3) is 7.98. The number of hydrogen-bond donors (Lipinski definition) is 2. The van der Waals surface area contributed by atoms with E-state index in [0.29, 0.717) is 12.3 Å². The van der Waals surface area contributed by atoms with E-state index in [9.17, 15) is 4.79 Å². The standard InChI is InChI=1S/C14H28N2OS/c1-18-10-5-3-2-4-9-16-14(17)11-13-7-6-8-15-12-13/h13,15H,2-12H2,1H3,(H,16,17). The molecule has 1 rings (SSSR count). The first-order valence-electron chi connectivity index (χ1n) is 7.29. The molecule has 18 heavy (non-hydrogen) atoms. The van der Waals surface area contributed by atoms with Crippen molar-refractivity contribution in [1.29, 1.82) is 0 Å². The zero-order valence-corrected chi connectivity index (χ0v) is 12.5. The third-order valence-corrected chi connectivity index (χ3v) is 4.17. The summed E-state index contributed by atoms with van der Waals surface area (Å²) in [5.74, 6) is 2.06. The Morgan fingerprint density at radius 1 is 1.33 bits per heavy atom. The molecular weight excluding hydrogens is 244 g/mol. The molecule has 0 aromatic heterocycles. The molecule has 1 saturated heterocycles. The molecule has 0 saturated carbocycles. The van der Waals surface area contributed by atoms with Crippen LogP contribution in [0.25, 0.3) is 0 Å². The zero-order valence-electron chi connectivity index (χ0n) is 11.7. The predicted octanol–water partition coefficient (Wildman–Crippen LogP) is 2.42. The molecule has 1 amide bonds. The van der Waals surface area contributed by atoms with E-state index in [4.69, 9.17) is 0 Å². The quantitative estimate of drug-likeness (QED) is 0.633. The van der Waals surface area contributed by atoms with Crippen molar-refractivity contribution in [3.05, 3.63) is 0 Å². The lowest BCUT2D eigenvalue weighted by atomic mass is 9.96. The van der Waals surface area contributed by atoms with Crippen molar-refractivity contribution in [3.63, 3.8) is 0 Å². The molecule has 0 spiro atoms. The Hall–Kier alpha value is -0.220. The lowest BCUT2D eigenvalue weighted by Gasteiger charge is -2.22. The van der Waals surface area contributed by atoms with E-state index >= 15 is 0 Å². The van der Waals surface area contributed by atoms with E-state index < -0.39 is 0 Å². The maximum Gasteiger partial charge on any atom is 0.220 e. The number of rotatable bonds is 9. The topological polar surface area (TPSA) is 41.1 Å². The van der Waals surface area contributed by atoms with E-state index in [1.807, 2.05) is 11.8 Å². The SMILES string of the molecule is CSCCCCCCNC(=O)CC1CCCNC1. The van der Waals surface area contributed by atoms with E-state index in [1.165, 1.54) is 37.9 Å². The molecule has 0 radical (unpaired) electrons. The average Bonchev–Trinajstić information content (AvgIpc) is 2.39. The summed E-state index contributed by atoms with van der Waals surface area (Å²) in [6.45, 7) is 2.99. The fraction of sp³-hybridized carbons (Fsp3) is 0.929. The number of hydrogen-bond acceptors (Lipinski definition) is 3. The Kier molecular flexibility index (Phi) is 9.40. The second kappa shape index (κ2) is 10.7. The summed E-state index contributed by atoms with van der Waals surface area (Å²) in [5, 5.41) is 6.40. The fourth-order valence-corrected chi connectivity index (χ4v) is 2.88. The second-order valence-electron chi connectivity index (χ2n) is 5.17. The molecular formula is C14H28N2OS. The Labute approximate surface area is 116 Å². The minimum Gasteiger partial charge on any atom is -0.356 e. The average molecular weight is 272 g/mol. The third-order valence-electron chi connectivity index (χ3n) is 3.47. The van der Waals surface area contributed by atoms with Gasteiger partial charge in [-0.25, -0.2) is 0 Å². The molecule has 3 nitrogen and oxygen atoms in total. The summed E-state index contributed by atoms with van der Waals surface area (Å²) in [6, 6.07) is 0. The first-order valence-corrected chi connectivity index (χ1v) is 8.68. The number of thioether (sulfide) groups is 1. The zero-order chi connectivity index (χ0) is 13.1. The molecule has 0 aromatic carbocycles. The Bertz CT molecular complexity index is 218. The van der Waals surface area contributed by atoms with Crippen LogP contribution >= 0.6 is 11.8 Å². The van der Waals surface area contributed by atoms with Gasteiger partial charge >= 0.3 is 0 Å². The summed E-state index contributed by atoms with van der Waals surface area (Å²) in [6.07, 6.45) is 10.3. The summed E-state index contributed by atoms with van der Waals surface area (Å²) in [4.78, 5) is 11.7. The molecule has 1 aliphatic rings. The Morgan fingerprint density at radius 2 is 2.17 bits per heavy atom. The van der Waals surface area contributed by atoms with E-state index in [0.717, 1.165) is 26.1 Å². The lowest BCUT2D eigenvalue weighted by molar-refractivity contribution is -0.122. The van der Waals surface area contributed by atoms with Gasteiger partial charge in [0.1, 0.15) is 0 Å². The van der Waals surface area contributed by atoms with Crippen LogP contribution in [0, 0.1) is 5.92 Å². The highest BCUT2D eigenvalue weighted by molar-refractivity contribution is 7.98. The van der Waals surface area contributed by atoms with E-state index in [2.05, 4.69) is 16.9 Å². The van der Waals surface area contributed by atoms with Crippen LogP contribution in [0.15, 0.2) is 0 Å². The van der Waals surface area contributed by atoms with Crippen LogP contribution < -0.4 is 10.6 Å². The number of carbonyl (C=O) groups is 1. The summed E-state index contributed by atoms with van der Waals surface area (Å²) < 4.78 is 0. The summed E-state index contributed by atoms with van der Waals surface area (Å²) >= 11 is 1.91. The molecule has 0 aliphatic carbocycles. The molecule has 1 heterocycles. The lowest BCUT2D eigenvalue weighted by Crippen LogP contribution is -2.34. The van der Waals surface area contributed by atoms with Gasteiger partial charge in [0.2, 0.25) is 5.91 Å². The Morgan fingerprint density at radius 3 is 2.89 bits per heavy atom. The van der Waals surface area contributed by atoms with Crippen molar-refractivity contribution in [3.8, 4) is 0 Å². The van der Waals surface area contributed by atoms with E-state index in [1.54, 1.807) is 0 Å². The van der Waals surface area contributed by atoms with Crippen LogP contribution in [-0.2, 0) is 4.79 Å². The van der Waals surface area contributed by atoms with Gasteiger partial charge in [-0.3, -0.25) is 4.79 Å². The summed E-state index contributed by atoms with van der Waals surface area (Å²) in [5.41, 5.74) is 0. The number of nitrogens with one attached hydrogen (secondary N) is 2. The van der Waals surface area contributed by atoms with Crippen molar-refractivity contribution in [1.82, 2.24) is 10.6 Å². The Balaban J connectivity index is 1.90. The van der Waals surface area contributed by atoms with Crippen LogP contribution in [0.1, 0.15) is 44.9 Å². The van der Waals surface area contributed by atoms with Crippen molar-refractivity contribution >= 4 is 17.7 Å². The minimum absolute atomic E-state index is 0.243. The van der Waals surface area contributed by atoms with Crippen LogP contribution in [0.4, 0.5) is 0 Å². The molecule has 1 atom stereocenters. The van der Waals surface area contributed by atoms with Crippen molar-refractivity contribution < 1.29 is 4.79 Å². The van der Waals surface area contributed by atoms with E-state index in [-0.39, 0.29) is 5.91 Å². The first kappa shape index (κ1) is 15.8. The van der Waals surface area contributed by atoms with Gasteiger partial charge in [-0.1, -0.05) is 12.8 Å².